The number of carbonyl (C=O) groups excluding carboxylic acids is 1. The first-order chi connectivity index (χ1) is 9.37. The first kappa shape index (κ1) is 15.1. The fraction of sp³-hybridized carbons (Fsp3) is 0.533. The van der Waals surface area contributed by atoms with E-state index in [9.17, 15) is 4.79 Å². The van der Waals surface area contributed by atoms with Gasteiger partial charge in [0.1, 0.15) is 5.60 Å². The lowest BCUT2D eigenvalue weighted by atomic mass is 10.0. The lowest BCUT2D eigenvalue weighted by Gasteiger charge is -2.37. The molecular formula is C15H21ClN2O2. The average molecular weight is 297 g/mol. The number of benzene rings is 1. The van der Waals surface area contributed by atoms with Gasteiger partial charge in [0.05, 0.1) is 6.04 Å². The molecule has 0 saturated carbocycles. The Hall–Kier alpha value is -1.26. The zero-order valence-corrected chi connectivity index (χ0v) is 12.9. The Labute approximate surface area is 125 Å². The van der Waals surface area contributed by atoms with Gasteiger partial charge in [-0.05, 0) is 38.5 Å². The Balaban J connectivity index is 2.16. The van der Waals surface area contributed by atoms with Crippen molar-refractivity contribution in [1.82, 2.24) is 10.2 Å². The molecule has 1 saturated heterocycles. The minimum absolute atomic E-state index is 0.0177. The summed E-state index contributed by atoms with van der Waals surface area (Å²) in [4.78, 5) is 14.1. The maximum Gasteiger partial charge on any atom is 0.410 e. The van der Waals surface area contributed by atoms with Crippen LogP contribution >= 0.6 is 11.6 Å². The zero-order valence-electron chi connectivity index (χ0n) is 12.1. The van der Waals surface area contributed by atoms with Gasteiger partial charge in [-0.1, -0.05) is 23.7 Å². The van der Waals surface area contributed by atoms with Gasteiger partial charge in [-0.3, -0.25) is 4.90 Å². The van der Waals surface area contributed by atoms with Gasteiger partial charge in [-0.2, -0.15) is 0 Å². The van der Waals surface area contributed by atoms with Crippen molar-refractivity contribution in [1.29, 1.82) is 0 Å². The second kappa shape index (κ2) is 6.02. The summed E-state index contributed by atoms with van der Waals surface area (Å²) in [7, 11) is 0. The second-order valence-corrected chi connectivity index (χ2v) is 6.38. The van der Waals surface area contributed by atoms with Crippen LogP contribution in [0.1, 0.15) is 32.4 Å². The van der Waals surface area contributed by atoms with Crippen LogP contribution in [0.3, 0.4) is 0 Å². The number of hydrogen-bond donors (Lipinski definition) is 1. The predicted octanol–water partition coefficient (Wildman–Crippen LogP) is 3.22. The Bertz CT molecular complexity index is 468. The van der Waals surface area contributed by atoms with E-state index in [1.54, 1.807) is 4.90 Å². The molecule has 20 heavy (non-hydrogen) atoms. The van der Waals surface area contributed by atoms with E-state index in [4.69, 9.17) is 16.3 Å². The number of piperazine rings is 1. The number of hydrogen-bond acceptors (Lipinski definition) is 3. The van der Waals surface area contributed by atoms with Crippen molar-refractivity contribution < 1.29 is 9.53 Å². The summed E-state index contributed by atoms with van der Waals surface area (Å²) in [5, 5.41) is 4.01. The Morgan fingerprint density at radius 2 is 2.00 bits per heavy atom. The Morgan fingerprint density at radius 1 is 1.35 bits per heavy atom. The molecule has 0 unspecified atom stereocenters. The molecule has 1 aliphatic heterocycles. The molecule has 5 heteroatoms. The summed E-state index contributed by atoms with van der Waals surface area (Å²) in [6.45, 7) is 7.78. The van der Waals surface area contributed by atoms with Crippen molar-refractivity contribution in [2.75, 3.05) is 19.6 Å². The van der Waals surface area contributed by atoms with Gasteiger partial charge < -0.3 is 10.1 Å². The standard InChI is InChI=1S/C15H21ClN2O2/c1-15(2,3)20-14(19)18-9-8-17-10-13(18)11-4-6-12(16)7-5-11/h4-7,13,17H,8-10H2,1-3H3/t13-/m1/s1. The lowest BCUT2D eigenvalue weighted by Crippen LogP contribution is -2.50. The molecule has 1 fully saturated rings. The molecule has 0 aliphatic carbocycles. The van der Waals surface area contributed by atoms with E-state index in [-0.39, 0.29) is 12.1 Å². The highest BCUT2D eigenvalue weighted by Crippen LogP contribution is 2.25. The highest BCUT2D eigenvalue weighted by Gasteiger charge is 2.31. The van der Waals surface area contributed by atoms with Crippen LogP contribution in [0.15, 0.2) is 24.3 Å². The van der Waals surface area contributed by atoms with Gasteiger partial charge in [-0.25, -0.2) is 4.79 Å². The van der Waals surface area contributed by atoms with Crippen LogP contribution in [0.4, 0.5) is 4.79 Å². The molecule has 0 spiro atoms. The summed E-state index contributed by atoms with van der Waals surface area (Å²) >= 11 is 5.92. The van der Waals surface area contributed by atoms with Gasteiger partial charge in [0.2, 0.25) is 0 Å². The van der Waals surface area contributed by atoms with E-state index < -0.39 is 5.60 Å². The molecule has 0 radical (unpaired) electrons. The topological polar surface area (TPSA) is 41.6 Å². The van der Waals surface area contributed by atoms with Crippen LogP contribution in [0, 0.1) is 0 Å². The summed E-state index contributed by atoms with van der Waals surface area (Å²) in [6, 6.07) is 7.59. The fourth-order valence-electron chi connectivity index (χ4n) is 2.23. The highest BCUT2D eigenvalue weighted by molar-refractivity contribution is 6.30. The molecule has 1 aromatic carbocycles. The number of nitrogens with one attached hydrogen (secondary N) is 1. The molecule has 0 bridgehead atoms. The van der Waals surface area contributed by atoms with Crippen LogP contribution < -0.4 is 5.32 Å². The molecule has 2 rings (SSSR count). The fourth-order valence-corrected chi connectivity index (χ4v) is 2.35. The largest absolute Gasteiger partial charge is 0.444 e. The summed E-state index contributed by atoms with van der Waals surface area (Å²) < 4.78 is 5.49. The molecule has 1 atom stereocenters. The van der Waals surface area contributed by atoms with Crippen molar-refractivity contribution in [3.8, 4) is 0 Å². The first-order valence-corrected chi connectivity index (χ1v) is 7.20. The molecule has 1 aromatic rings. The molecule has 1 amide bonds. The number of halogens is 1. The normalized spacial score (nSPS) is 19.8. The third kappa shape index (κ3) is 3.87. The first-order valence-electron chi connectivity index (χ1n) is 6.82. The van der Waals surface area contributed by atoms with Crippen LogP contribution in [0.5, 0.6) is 0 Å². The van der Waals surface area contributed by atoms with Gasteiger partial charge in [0.25, 0.3) is 0 Å². The number of amides is 1. The van der Waals surface area contributed by atoms with Crippen LogP contribution in [0.2, 0.25) is 5.02 Å². The molecular weight excluding hydrogens is 276 g/mol. The number of ether oxygens (including phenoxy) is 1. The average Bonchev–Trinajstić information content (AvgIpc) is 2.38. The number of nitrogens with zero attached hydrogens (tertiary/aromatic N) is 1. The molecule has 1 heterocycles. The highest BCUT2D eigenvalue weighted by atomic mass is 35.5. The lowest BCUT2D eigenvalue weighted by molar-refractivity contribution is 0.0118. The van der Waals surface area contributed by atoms with E-state index in [0.717, 1.165) is 18.7 Å². The summed E-state index contributed by atoms with van der Waals surface area (Å²) in [5.74, 6) is 0. The van der Waals surface area contributed by atoms with Gasteiger partial charge in [0.15, 0.2) is 0 Å². The molecule has 0 aromatic heterocycles. The van der Waals surface area contributed by atoms with Gasteiger partial charge in [0, 0.05) is 24.7 Å². The quantitative estimate of drug-likeness (QED) is 0.865. The van der Waals surface area contributed by atoms with Crippen molar-refractivity contribution >= 4 is 17.7 Å². The molecule has 110 valence electrons. The minimum Gasteiger partial charge on any atom is -0.444 e. The van der Waals surface area contributed by atoms with E-state index in [1.807, 2.05) is 45.0 Å². The minimum atomic E-state index is -0.480. The van der Waals surface area contributed by atoms with Crippen molar-refractivity contribution in [2.45, 2.75) is 32.4 Å². The summed E-state index contributed by atoms with van der Waals surface area (Å²) in [5.41, 5.74) is 0.583. The monoisotopic (exact) mass is 296 g/mol. The molecule has 1 aliphatic rings. The van der Waals surface area contributed by atoms with Gasteiger partial charge >= 0.3 is 6.09 Å². The number of rotatable bonds is 1. The Kier molecular flexibility index (Phi) is 4.55. The van der Waals surface area contributed by atoms with Crippen LogP contribution in [0.25, 0.3) is 0 Å². The van der Waals surface area contributed by atoms with E-state index in [2.05, 4.69) is 5.32 Å². The van der Waals surface area contributed by atoms with E-state index in [0.29, 0.717) is 11.6 Å². The maximum absolute atomic E-state index is 12.3. The third-order valence-corrected chi connectivity index (χ3v) is 3.38. The van der Waals surface area contributed by atoms with Crippen molar-refractivity contribution in [3.63, 3.8) is 0 Å². The van der Waals surface area contributed by atoms with E-state index in [1.165, 1.54) is 0 Å². The van der Waals surface area contributed by atoms with Crippen LogP contribution in [-0.2, 0) is 4.74 Å². The summed E-state index contributed by atoms with van der Waals surface area (Å²) in [6.07, 6.45) is -0.265. The zero-order chi connectivity index (χ0) is 14.8. The maximum atomic E-state index is 12.3. The van der Waals surface area contributed by atoms with Crippen LogP contribution in [-0.4, -0.2) is 36.2 Å². The third-order valence-electron chi connectivity index (χ3n) is 3.13. The molecule has 1 N–H and O–H groups in total. The van der Waals surface area contributed by atoms with Gasteiger partial charge in [-0.15, -0.1) is 0 Å². The molecule has 4 nitrogen and oxygen atoms in total. The van der Waals surface area contributed by atoms with Crippen molar-refractivity contribution in [2.24, 2.45) is 0 Å². The van der Waals surface area contributed by atoms with Crippen molar-refractivity contribution in [3.05, 3.63) is 34.9 Å². The Morgan fingerprint density at radius 3 is 2.60 bits per heavy atom. The smallest absolute Gasteiger partial charge is 0.410 e. The predicted molar refractivity (Wildman–Crippen MR) is 80.0 cm³/mol. The van der Waals surface area contributed by atoms with E-state index >= 15 is 0 Å². The second-order valence-electron chi connectivity index (χ2n) is 5.95. The SMILES string of the molecule is CC(C)(C)OC(=O)N1CCNC[C@@H]1c1ccc(Cl)cc1. The number of carbonyl (C=O) groups is 1.